The lowest BCUT2D eigenvalue weighted by atomic mass is 9.87. The number of hydrogen-bond donors (Lipinski definition) is 2. The van der Waals surface area contributed by atoms with E-state index in [4.69, 9.17) is 0 Å². The number of nitrogens with one attached hydrogen (secondary N) is 2. The first kappa shape index (κ1) is 13.4. The van der Waals surface area contributed by atoms with Crippen molar-refractivity contribution in [2.45, 2.75) is 50.0 Å². The predicted octanol–water partition coefficient (Wildman–Crippen LogP) is 2.21. The molecule has 1 fully saturated rings. The number of guanidine groups is 1. The Morgan fingerprint density at radius 3 is 2.55 bits per heavy atom. The van der Waals surface area contributed by atoms with Gasteiger partial charge in [0.1, 0.15) is 4.90 Å². The molecule has 108 valence electrons. The van der Waals surface area contributed by atoms with Gasteiger partial charge in [-0.3, -0.25) is 0 Å². The van der Waals surface area contributed by atoms with Crippen molar-refractivity contribution in [2.24, 2.45) is 4.99 Å². The van der Waals surface area contributed by atoms with E-state index in [0.717, 1.165) is 18.4 Å². The topological polar surface area (TPSA) is 70.6 Å². The molecule has 1 aromatic carbocycles. The molecule has 1 aromatic rings. The summed E-state index contributed by atoms with van der Waals surface area (Å²) >= 11 is 0. The van der Waals surface area contributed by atoms with E-state index in [1.54, 1.807) is 6.07 Å². The van der Waals surface area contributed by atoms with Crippen LogP contribution in [0.25, 0.3) is 0 Å². The van der Waals surface area contributed by atoms with E-state index in [9.17, 15) is 8.42 Å². The molecule has 20 heavy (non-hydrogen) atoms. The maximum atomic E-state index is 12.3. The van der Waals surface area contributed by atoms with E-state index in [1.165, 1.54) is 0 Å². The second-order valence-electron chi connectivity index (χ2n) is 6.40. The summed E-state index contributed by atoms with van der Waals surface area (Å²) in [5, 5.41) is 3.06. The Morgan fingerprint density at radius 2 is 1.95 bits per heavy atom. The van der Waals surface area contributed by atoms with Crippen LogP contribution in [0.1, 0.15) is 39.2 Å². The van der Waals surface area contributed by atoms with Crippen molar-refractivity contribution in [3.8, 4) is 0 Å². The molecule has 0 amide bonds. The van der Waals surface area contributed by atoms with Crippen molar-refractivity contribution in [1.29, 1.82) is 0 Å². The first-order chi connectivity index (χ1) is 9.25. The van der Waals surface area contributed by atoms with E-state index in [1.807, 2.05) is 12.1 Å². The minimum absolute atomic E-state index is 0.0903. The van der Waals surface area contributed by atoms with Gasteiger partial charge in [0.25, 0.3) is 10.0 Å². The number of benzene rings is 1. The Balaban J connectivity index is 2.05. The number of anilines is 1. The molecule has 1 heterocycles. The first-order valence-corrected chi connectivity index (χ1v) is 8.26. The van der Waals surface area contributed by atoms with Crippen molar-refractivity contribution in [2.75, 3.05) is 5.32 Å². The molecule has 0 unspecified atom stereocenters. The normalized spacial score (nSPS) is 22.9. The van der Waals surface area contributed by atoms with Gasteiger partial charge in [0.15, 0.2) is 0 Å². The zero-order valence-corrected chi connectivity index (χ0v) is 12.7. The third-order valence-corrected chi connectivity index (χ3v) is 4.86. The fourth-order valence-electron chi connectivity index (χ4n) is 2.09. The second kappa shape index (κ2) is 4.22. The van der Waals surface area contributed by atoms with Gasteiger partial charge in [0.2, 0.25) is 5.96 Å². The van der Waals surface area contributed by atoms with E-state index < -0.39 is 10.0 Å². The maximum absolute atomic E-state index is 12.3. The van der Waals surface area contributed by atoms with Crippen molar-refractivity contribution < 1.29 is 8.42 Å². The Labute approximate surface area is 119 Å². The fraction of sp³-hybridized carbons (Fsp3) is 0.500. The number of nitrogens with zero attached hydrogens (tertiary/aromatic N) is 1. The van der Waals surface area contributed by atoms with Crippen molar-refractivity contribution in [1.82, 2.24) is 4.72 Å². The SMILES string of the molecule is CC(C)(C)c1ccc2c(c1)S(=O)(=O)NC(=NC1CC1)N2. The number of aliphatic imine (C=N–C) groups is 1. The van der Waals surface area contributed by atoms with Gasteiger partial charge < -0.3 is 5.32 Å². The van der Waals surface area contributed by atoms with Crippen LogP contribution in [0.5, 0.6) is 0 Å². The van der Waals surface area contributed by atoms with Crippen molar-refractivity contribution in [3.05, 3.63) is 23.8 Å². The Morgan fingerprint density at radius 1 is 1.25 bits per heavy atom. The average molecular weight is 293 g/mol. The summed E-state index contributed by atoms with van der Waals surface area (Å²) in [7, 11) is -3.54. The smallest absolute Gasteiger partial charge is 0.266 e. The van der Waals surface area contributed by atoms with Crippen LogP contribution in [-0.4, -0.2) is 20.4 Å². The van der Waals surface area contributed by atoms with Crippen LogP contribution in [-0.2, 0) is 15.4 Å². The van der Waals surface area contributed by atoms with Gasteiger partial charge in [-0.15, -0.1) is 0 Å². The molecule has 0 radical (unpaired) electrons. The minimum Gasteiger partial charge on any atom is -0.324 e. The number of sulfonamides is 1. The number of rotatable bonds is 1. The zero-order chi connectivity index (χ0) is 14.5. The first-order valence-electron chi connectivity index (χ1n) is 6.78. The molecule has 0 bridgehead atoms. The summed E-state index contributed by atoms with van der Waals surface area (Å²) < 4.78 is 27.2. The van der Waals surface area contributed by atoms with E-state index >= 15 is 0 Å². The average Bonchev–Trinajstić information content (AvgIpc) is 3.10. The van der Waals surface area contributed by atoms with Crippen LogP contribution in [0.4, 0.5) is 5.69 Å². The van der Waals surface area contributed by atoms with E-state index in [2.05, 4.69) is 35.8 Å². The van der Waals surface area contributed by atoms with Crippen LogP contribution in [0, 0.1) is 0 Å². The van der Waals surface area contributed by atoms with Gasteiger partial charge >= 0.3 is 0 Å². The highest BCUT2D eigenvalue weighted by molar-refractivity contribution is 7.90. The molecule has 6 heteroatoms. The van der Waals surface area contributed by atoms with E-state index in [0.29, 0.717) is 16.5 Å². The third-order valence-electron chi connectivity index (χ3n) is 3.48. The monoisotopic (exact) mass is 293 g/mol. The second-order valence-corrected chi connectivity index (χ2v) is 8.05. The third kappa shape index (κ3) is 2.52. The minimum atomic E-state index is -3.54. The number of fused-ring (bicyclic) bond motifs is 1. The van der Waals surface area contributed by atoms with Gasteiger partial charge in [-0.1, -0.05) is 26.8 Å². The number of hydrogen-bond acceptors (Lipinski definition) is 3. The molecular weight excluding hydrogens is 274 g/mol. The lowest BCUT2D eigenvalue weighted by molar-refractivity contribution is 0.582. The molecule has 1 aliphatic heterocycles. The maximum Gasteiger partial charge on any atom is 0.266 e. The molecule has 0 saturated heterocycles. The summed E-state index contributed by atoms with van der Waals surface area (Å²) in [6.07, 6.45) is 2.06. The molecule has 3 rings (SSSR count). The highest BCUT2D eigenvalue weighted by Gasteiger charge is 2.30. The summed E-state index contributed by atoms with van der Waals surface area (Å²) in [5.74, 6) is 0.337. The molecule has 1 saturated carbocycles. The molecule has 0 spiro atoms. The summed E-state index contributed by atoms with van der Waals surface area (Å²) in [4.78, 5) is 4.62. The molecule has 0 aromatic heterocycles. The van der Waals surface area contributed by atoms with Crippen LogP contribution < -0.4 is 10.0 Å². The van der Waals surface area contributed by atoms with Gasteiger partial charge in [-0.25, -0.2) is 18.1 Å². The molecule has 1 aliphatic carbocycles. The van der Waals surface area contributed by atoms with Crippen LogP contribution in [0.15, 0.2) is 28.1 Å². The summed E-state index contributed by atoms with van der Waals surface area (Å²) in [5.41, 5.74) is 1.49. The Kier molecular flexibility index (Phi) is 2.83. The molecule has 2 N–H and O–H groups in total. The molecule has 2 aliphatic rings. The molecule has 0 atom stereocenters. The van der Waals surface area contributed by atoms with Crippen LogP contribution in [0.3, 0.4) is 0 Å². The van der Waals surface area contributed by atoms with Gasteiger partial charge in [0.05, 0.1) is 11.7 Å². The lowest BCUT2D eigenvalue weighted by Crippen LogP contribution is -2.41. The van der Waals surface area contributed by atoms with Crippen LogP contribution >= 0.6 is 0 Å². The highest BCUT2D eigenvalue weighted by atomic mass is 32.2. The van der Waals surface area contributed by atoms with Crippen molar-refractivity contribution in [3.63, 3.8) is 0 Å². The van der Waals surface area contributed by atoms with Crippen LogP contribution in [0.2, 0.25) is 0 Å². The molecular formula is C14H19N3O2S. The summed E-state index contributed by atoms with van der Waals surface area (Å²) in [6, 6.07) is 5.77. The zero-order valence-electron chi connectivity index (χ0n) is 11.9. The predicted molar refractivity (Wildman–Crippen MR) is 79.5 cm³/mol. The highest BCUT2D eigenvalue weighted by Crippen LogP contribution is 2.32. The van der Waals surface area contributed by atoms with Crippen molar-refractivity contribution >= 4 is 21.7 Å². The Bertz CT molecular complexity index is 683. The lowest BCUT2D eigenvalue weighted by Gasteiger charge is -2.25. The van der Waals surface area contributed by atoms with E-state index in [-0.39, 0.29) is 11.5 Å². The van der Waals surface area contributed by atoms with Gasteiger partial charge in [0, 0.05) is 0 Å². The summed E-state index contributed by atoms with van der Waals surface area (Å²) in [6.45, 7) is 6.18. The standard InChI is InChI=1S/C14H19N3O2S/c1-14(2,3)9-4-7-11-12(8-9)20(18,19)17-13(16-11)15-10-5-6-10/h4,7-8,10H,5-6H2,1-3H3,(H2,15,16,17). The Hall–Kier alpha value is -1.56. The quantitative estimate of drug-likeness (QED) is 0.834. The molecule has 5 nitrogen and oxygen atoms in total. The van der Waals surface area contributed by atoms with Gasteiger partial charge in [-0.05, 0) is 36.0 Å². The fourth-order valence-corrected chi connectivity index (χ4v) is 3.25. The van der Waals surface area contributed by atoms with Gasteiger partial charge in [-0.2, -0.15) is 0 Å². The largest absolute Gasteiger partial charge is 0.324 e.